The quantitative estimate of drug-likeness (QED) is 0.886. The molecular weight excluding hydrogens is 239 g/mol. The van der Waals surface area contributed by atoms with Crippen molar-refractivity contribution >= 4 is 0 Å². The van der Waals surface area contributed by atoms with Gasteiger partial charge in [0.15, 0.2) is 0 Å². The van der Waals surface area contributed by atoms with Crippen LogP contribution in [0.4, 0.5) is 4.39 Å². The first-order chi connectivity index (χ1) is 9.13. The molecule has 1 heterocycles. The van der Waals surface area contributed by atoms with Gasteiger partial charge in [0.25, 0.3) is 0 Å². The highest BCUT2D eigenvalue weighted by Gasteiger charge is 2.20. The summed E-state index contributed by atoms with van der Waals surface area (Å²) in [6, 6.07) is 7.24. The van der Waals surface area contributed by atoms with Crippen LogP contribution in [0.25, 0.3) is 0 Å². The Hall–Kier alpha value is -0.930. The van der Waals surface area contributed by atoms with Crippen LogP contribution in [-0.4, -0.2) is 30.6 Å². The maximum absolute atomic E-state index is 12.9. The number of nitrogens with two attached hydrogens (primary N) is 1. The van der Waals surface area contributed by atoms with E-state index < -0.39 is 0 Å². The number of halogens is 1. The van der Waals surface area contributed by atoms with E-state index >= 15 is 0 Å². The zero-order chi connectivity index (χ0) is 13.7. The third-order valence-electron chi connectivity index (χ3n) is 3.94. The number of hydrogen-bond donors (Lipinski definition) is 1. The fourth-order valence-electron chi connectivity index (χ4n) is 2.86. The second-order valence-electron chi connectivity index (χ2n) is 5.91. The van der Waals surface area contributed by atoms with E-state index in [0.717, 1.165) is 25.9 Å². The number of hydrogen-bond acceptors (Lipinski definition) is 2. The average molecular weight is 264 g/mol. The summed E-state index contributed by atoms with van der Waals surface area (Å²) < 4.78 is 12.9. The smallest absolute Gasteiger partial charge is 0.123 e. The molecule has 0 spiro atoms. The molecule has 19 heavy (non-hydrogen) atoms. The average Bonchev–Trinajstić information content (AvgIpc) is 2.40. The van der Waals surface area contributed by atoms with Crippen molar-refractivity contribution in [1.29, 1.82) is 0 Å². The Kier molecular flexibility index (Phi) is 5.34. The Morgan fingerprint density at radius 3 is 2.79 bits per heavy atom. The van der Waals surface area contributed by atoms with Gasteiger partial charge in [-0.2, -0.15) is 0 Å². The summed E-state index contributed by atoms with van der Waals surface area (Å²) in [6.07, 6.45) is 4.69. The largest absolute Gasteiger partial charge is 0.328 e. The van der Waals surface area contributed by atoms with Gasteiger partial charge in [-0.1, -0.05) is 12.1 Å². The molecule has 1 aromatic carbocycles. The summed E-state index contributed by atoms with van der Waals surface area (Å²) in [6.45, 7) is 5.54. The predicted molar refractivity (Wildman–Crippen MR) is 77.5 cm³/mol. The zero-order valence-corrected chi connectivity index (χ0v) is 11.8. The first-order valence-electron chi connectivity index (χ1n) is 7.36. The molecule has 0 aromatic heterocycles. The number of piperidine rings is 1. The van der Waals surface area contributed by atoms with Crippen molar-refractivity contribution in [1.82, 2.24) is 4.90 Å². The first-order valence-corrected chi connectivity index (χ1v) is 7.36. The van der Waals surface area contributed by atoms with Gasteiger partial charge in [0.2, 0.25) is 0 Å². The van der Waals surface area contributed by atoms with Crippen molar-refractivity contribution < 1.29 is 4.39 Å². The Balaban J connectivity index is 1.82. The lowest BCUT2D eigenvalue weighted by Gasteiger charge is -2.33. The molecule has 0 aliphatic carbocycles. The molecule has 2 N–H and O–H groups in total. The maximum Gasteiger partial charge on any atom is 0.123 e. The van der Waals surface area contributed by atoms with Crippen LogP contribution >= 0.6 is 0 Å². The van der Waals surface area contributed by atoms with E-state index in [9.17, 15) is 4.39 Å². The first kappa shape index (κ1) is 14.5. The van der Waals surface area contributed by atoms with Crippen LogP contribution in [0.1, 0.15) is 31.7 Å². The van der Waals surface area contributed by atoms with Gasteiger partial charge in [0, 0.05) is 12.6 Å². The second-order valence-corrected chi connectivity index (χ2v) is 5.91. The zero-order valence-electron chi connectivity index (χ0n) is 11.8. The van der Waals surface area contributed by atoms with E-state index in [4.69, 9.17) is 5.73 Å². The van der Waals surface area contributed by atoms with Crippen LogP contribution in [0, 0.1) is 11.7 Å². The molecule has 1 aromatic rings. The molecule has 0 amide bonds. The molecule has 1 fully saturated rings. The van der Waals surface area contributed by atoms with Crippen molar-refractivity contribution in [2.24, 2.45) is 11.7 Å². The molecule has 0 unspecified atom stereocenters. The molecule has 0 bridgehead atoms. The van der Waals surface area contributed by atoms with Gasteiger partial charge in [-0.15, -0.1) is 0 Å². The molecule has 2 atom stereocenters. The Bertz CT molecular complexity index is 375. The molecule has 106 valence electrons. The van der Waals surface area contributed by atoms with Crippen LogP contribution in [0.5, 0.6) is 0 Å². The van der Waals surface area contributed by atoms with Crippen molar-refractivity contribution in [3.05, 3.63) is 35.6 Å². The van der Waals surface area contributed by atoms with E-state index in [1.807, 2.05) is 12.1 Å². The predicted octanol–water partition coefficient (Wildman–Crippen LogP) is 2.82. The molecular formula is C16H25FN2. The van der Waals surface area contributed by atoms with Crippen LogP contribution < -0.4 is 5.73 Å². The third kappa shape index (κ3) is 4.92. The monoisotopic (exact) mass is 264 g/mol. The van der Waals surface area contributed by atoms with E-state index in [1.54, 1.807) is 12.1 Å². The summed E-state index contributed by atoms with van der Waals surface area (Å²) in [7, 11) is 0. The van der Waals surface area contributed by atoms with Gasteiger partial charge >= 0.3 is 0 Å². The minimum Gasteiger partial charge on any atom is -0.328 e. The summed E-state index contributed by atoms with van der Waals surface area (Å²) in [4.78, 5) is 2.53. The molecule has 2 nitrogen and oxygen atoms in total. The lowest BCUT2D eigenvalue weighted by atomic mass is 9.91. The standard InChI is InChI=1S/C16H25FN2/c1-13(18)8-10-19-9-2-3-15(12-19)11-14-4-6-16(17)7-5-14/h4-7,13,15H,2-3,8-12,18H2,1H3/t13-,15+/m1/s1. The normalized spacial score (nSPS) is 22.4. The molecule has 1 aliphatic rings. The van der Waals surface area contributed by atoms with Crippen LogP contribution in [0.15, 0.2) is 24.3 Å². The lowest BCUT2D eigenvalue weighted by Crippen LogP contribution is -2.38. The molecule has 1 aliphatic heterocycles. The van der Waals surface area contributed by atoms with Crippen molar-refractivity contribution in [2.45, 2.75) is 38.6 Å². The maximum atomic E-state index is 12.9. The topological polar surface area (TPSA) is 29.3 Å². The number of rotatable bonds is 5. The SMILES string of the molecule is C[C@@H](N)CCN1CCC[C@@H](Cc2ccc(F)cc2)C1. The number of benzene rings is 1. The Labute approximate surface area is 115 Å². The molecule has 0 radical (unpaired) electrons. The van der Waals surface area contributed by atoms with Gasteiger partial charge in [-0.05, 0) is 69.3 Å². The van der Waals surface area contributed by atoms with Gasteiger partial charge < -0.3 is 10.6 Å². The summed E-state index contributed by atoms with van der Waals surface area (Å²) >= 11 is 0. The number of nitrogens with zero attached hydrogens (tertiary/aromatic N) is 1. The van der Waals surface area contributed by atoms with Gasteiger partial charge in [-0.3, -0.25) is 0 Å². The van der Waals surface area contributed by atoms with Gasteiger partial charge in [0.1, 0.15) is 5.82 Å². The van der Waals surface area contributed by atoms with Crippen LogP contribution in [-0.2, 0) is 6.42 Å². The highest BCUT2D eigenvalue weighted by molar-refractivity contribution is 5.16. The summed E-state index contributed by atoms with van der Waals surface area (Å²) in [5.41, 5.74) is 7.07. The van der Waals surface area contributed by atoms with E-state index in [-0.39, 0.29) is 11.9 Å². The Morgan fingerprint density at radius 1 is 1.37 bits per heavy atom. The minimum absolute atomic E-state index is 0.147. The molecule has 1 saturated heterocycles. The second kappa shape index (κ2) is 7.01. The van der Waals surface area contributed by atoms with Crippen LogP contribution in [0.3, 0.4) is 0 Å². The van der Waals surface area contributed by atoms with Gasteiger partial charge in [-0.25, -0.2) is 4.39 Å². The van der Waals surface area contributed by atoms with Crippen molar-refractivity contribution in [3.8, 4) is 0 Å². The minimum atomic E-state index is -0.147. The third-order valence-corrected chi connectivity index (χ3v) is 3.94. The fraction of sp³-hybridized carbons (Fsp3) is 0.625. The van der Waals surface area contributed by atoms with E-state index in [1.165, 1.54) is 24.9 Å². The van der Waals surface area contributed by atoms with Crippen molar-refractivity contribution in [2.75, 3.05) is 19.6 Å². The van der Waals surface area contributed by atoms with E-state index in [0.29, 0.717) is 5.92 Å². The summed E-state index contributed by atoms with van der Waals surface area (Å²) in [5, 5.41) is 0. The molecule has 3 heteroatoms. The van der Waals surface area contributed by atoms with Gasteiger partial charge in [0.05, 0.1) is 0 Å². The molecule has 0 saturated carbocycles. The Morgan fingerprint density at radius 2 is 2.11 bits per heavy atom. The fourth-order valence-corrected chi connectivity index (χ4v) is 2.86. The lowest BCUT2D eigenvalue weighted by molar-refractivity contribution is 0.170. The summed E-state index contributed by atoms with van der Waals surface area (Å²) in [5.74, 6) is 0.554. The van der Waals surface area contributed by atoms with E-state index in [2.05, 4.69) is 11.8 Å². The van der Waals surface area contributed by atoms with Crippen molar-refractivity contribution in [3.63, 3.8) is 0 Å². The highest BCUT2D eigenvalue weighted by atomic mass is 19.1. The van der Waals surface area contributed by atoms with Crippen LogP contribution in [0.2, 0.25) is 0 Å². The highest BCUT2D eigenvalue weighted by Crippen LogP contribution is 2.21. The number of likely N-dealkylation sites (tertiary alicyclic amines) is 1. The molecule has 2 rings (SSSR count).